The maximum Gasteiger partial charge on any atom is 0.434 e. The lowest BCUT2D eigenvalue weighted by Gasteiger charge is -2.29. The fraction of sp³-hybridized carbons (Fsp3) is 0.368. The number of aryl methyl sites for hydroxylation is 1. The summed E-state index contributed by atoms with van der Waals surface area (Å²) in [4.78, 5) is 36.6. The molecular weight excluding hydrogens is 467 g/mol. The highest BCUT2D eigenvalue weighted by molar-refractivity contribution is 7.89. The monoisotopic (exact) mass is 485 g/mol. The van der Waals surface area contributed by atoms with Crippen LogP contribution in [0.5, 0.6) is 0 Å². The molecule has 1 saturated heterocycles. The first kappa shape index (κ1) is 22.9. The van der Waals surface area contributed by atoms with Crippen LogP contribution in [0.15, 0.2) is 29.3 Å². The molecule has 3 amide bonds. The molecule has 14 heteroatoms. The van der Waals surface area contributed by atoms with Crippen molar-refractivity contribution >= 4 is 27.7 Å². The molecule has 3 heterocycles. The van der Waals surface area contributed by atoms with E-state index in [0.29, 0.717) is 22.0 Å². The van der Waals surface area contributed by atoms with Crippen LogP contribution in [-0.4, -0.2) is 46.9 Å². The number of carbonyl (C=O) groups is 3. The summed E-state index contributed by atoms with van der Waals surface area (Å²) < 4.78 is 67.2. The van der Waals surface area contributed by atoms with Crippen LogP contribution in [0.25, 0.3) is 0 Å². The van der Waals surface area contributed by atoms with Gasteiger partial charge in [-0.3, -0.25) is 24.4 Å². The Bertz CT molecular complexity index is 1270. The fourth-order valence-electron chi connectivity index (χ4n) is 3.91. The van der Waals surface area contributed by atoms with E-state index in [9.17, 15) is 36.0 Å². The SMILES string of the molecule is Cn1ncc(S(=O)(=O)NCc2ccc3c(c2)C(=O)N(C2CCC(=O)NC2=O)C3)c1C(F)(F)F. The molecular formula is C19H18F3N5O5S. The third-order valence-corrected chi connectivity index (χ3v) is 6.92. The van der Waals surface area contributed by atoms with Gasteiger partial charge in [0, 0.05) is 32.1 Å². The number of nitrogens with zero attached hydrogens (tertiary/aromatic N) is 3. The van der Waals surface area contributed by atoms with Gasteiger partial charge in [0.1, 0.15) is 10.9 Å². The third kappa shape index (κ3) is 4.23. The summed E-state index contributed by atoms with van der Waals surface area (Å²) in [6, 6.07) is 3.76. The molecule has 2 N–H and O–H groups in total. The number of nitrogens with one attached hydrogen (secondary N) is 2. The number of aromatic nitrogens is 2. The first-order chi connectivity index (χ1) is 15.4. The maximum absolute atomic E-state index is 13.2. The Morgan fingerprint density at radius 3 is 2.64 bits per heavy atom. The van der Waals surface area contributed by atoms with Crippen molar-refractivity contribution in [3.63, 3.8) is 0 Å². The van der Waals surface area contributed by atoms with Crippen molar-refractivity contribution < 1.29 is 36.0 Å². The molecule has 4 rings (SSSR count). The molecule has 33 heavy (non-hydrogen) atoms. The Labute approximate surface area is 185 Å². The molecule has 0 spiro atoms. The summed E-state index contributed by atoms with van der Waals surface area (Å²) in [5.74, 6) is -1.41. The zero-order chi connectivity index (χ0) is 24.1. The maximum atomic E-state index is 13.2. The molecule has 1 aromatic carbocycles. The van der Waals surface area contributed by atoms with Crippen LogP contribution in [0.2, 0.25) is 0 Å². The zero-order valence-electron chi connectivity index (χ0n) is 17.1. The Hall–Kier alpha value is -3.26. The molecule has 1 aromatic heterocycles. The van der Waals surface area contributed by atoms with Gasteiger partial charge in [-0.2, -0.15) is 18.3 Å². The number of benzene rings is 1. The molecule has 1 fully saturated rings. The molecule has 1 unspecified atom stereocenters. The summed E-state index contributed by atoms with van der Waals surface area (Å²) in [6.07, 6.45) is -3.99. The minimum absolute atomic E-state index is 0.109. The van der Waals surface area contributed by atoms with E-state index >= 15 is 0 Å². The molecule has 1 atom stereocenters. The lowest BCUT2D eigenvalue weighted by atomic mass is 10.0. The number of amides is 3. The first-order valence-corrected chi connectivity index (χ1v) is 11.2. The second kappa shape index (κ2) is 7.95. The van der Waals surface area contributed by atoms with E-state index in [4.69, 9.17) is 0 Å². The summed E-state index contributed by atoms with van der Waals surface area (Å²) in [5, 5.41) is 5.60. The van der Waals surface area contributed by atoms with Crippen molar-refractivity contribution in [1.82, 2.24) is 24.7 Å². The van der Waals surface area contributed by atoms with Crippen LogP contribution in [0.4, 0.5) is 13.2 Å². The minimum atomic E-state index is -4.92. The van der Waals surface area contributed by atoms with E-state index in [1.165, 1.54) is 17.0 Å². The largest absolute Gasteiger partial charge is 0.434 e. The number of alkyl halides is 3. The molecule has 176 valence electrons. The van der Waals surface area contributed by atoms with E-state index in [1.807, 2.05) is 0 Å². The number of halogens is 3. The minimum Gasteiger partial charge on any atom is -0.322 e. The van der Waals surface area contributed by atoms with Crippen molar-refractivity contribution in [3.8, 4) is 0 Å². The molecule has 0 radical (unpaired) electrons. The summed E-state index contributed by atoms with van der Waals surface area (Å²) >= 11 is 0. The lowest BCUT2D eigenvalue weighted by molar-refractivity contribution is -0.146. The van der Waals surface area contributed by atoms with Crippen LogP contribution in [0.1, 0.15) is 40.0 Å². The molecule has 2 aliphatic heterocycles. The Morgan fingerprint density at radius 2 is 1.97 bits per heavy atom. The van der Waals surface area contributed by atoms with E-state index in [2.05, 4.69) is 15.1 Å². The summed E-state index contributed by atoms with van der Waals surface area (Å²) in [7, 11) is -3.56. The van der Waals surface area contributed by atoms with E-state index in [1.54, 1.807) is 6.07 Å². The zero-order valence-corrected chi connectivity index (χ0v) is 18.0. The van der Waals surface area contributed by atoms with Crippen molar-refractivity contribution in [3.05, 3.63) is 46.8 Å². The van der Waals surface area contributed by atoms with Gasteiger partial charge in [-0.15, -0.1) is 0 Å². The second-order valence-corrected chi connectivity index (χ2v) is 9.43. The van der Waals surface area contributed by atoms with Crippen LogP contribution >= 0.6 is 0 Å². The van der Waals surface area contributed by atoms with Crippen molar-refractivity contribution in [2.24, 2.45) is 7.05 Å². The van der Waals surface area contributed by atoms with Crippen LogP contribution in [-0.2, 0) is 45.9 Å². The average Bonchev–Trinajstić information content (AvgIpc) is 3.27. The van der Waals surface area contributed by atoms with Crippen molar-refractivity contribution in [1.29, 1.82) is 0 Å². The molecule has 0 aliphatic carbocycles. The van der Waals surface area contributed by atoms with Gasteiger partial charge in [0.2, 0.25) is 21.8 Å². The predicted molar refractivity (Wildman–Crippen MR) is 105 cm³/mol. The van der Waals surface area contributed by atoms with Crippen molar-refractivity contribution in [2.75, 3.05) is 0 Å². The van der Waals surface area contributed by atoms with Crippen LogP contribution < -0.4 is 10.0 Å². The molecule has 0 bridgehead atoms. The van der Waals surface area contributed by atoms with Gasteiger partial charge >= 0.3 is 6.18 Å². The number of hydrogen-bond acceptors (Lipinski definition) is 6. The smallest absolute Gasteiger partial charge is 0.322 e. The highest BCUT2D eigenvalue weighted by atomic mass is 32.2. The fourth-order valence-corrected chi connectivity index (χ4v) is 5.11. The highest BCUT2D eigenvalue weighted by Crippen LogP contribution is 2.34. The number of sulfonamides is 1. The molecule has 10 nitrogen and oxygen atoms in total. The Kier molecular flexibility index (Phi) is 5.52. The van der Waals surface area contributed by atoms with Gasteiger partial charge in [-0.25, -0.2) is 13.1 Å². The summed E-state index contributed by atoms with van der Waals surface area (Å²) in [5.41, 5.74) is -0.191. The molecule has 2 aliphatic rings. The van der Waals surface area contributed by atoms with E-state index in [-0.39, 0.29) is 31.5 Å². The van der Waals surface area contributed by atoms with Crippen LogP contribution in [0, 0.1) is 0 Å². The Balaban J connectivity index is 1.51. The number of piperidine rings is 1. The van der Waals surface area contributed by atoms with Gasteiger partial charge in [0.05, 0.1) is 6.20 Å². The molecule has 0 saturated carbocycles. The predicted octanol–water partition coefficient (Wildman–Crippen LogP) is 0.678. The van der Waals surface area contributed by atoms with Gasteiger partial charge in [0.15, 0.2) is 5.69 Å². The van der Waals surface area contributed by atoms with Gasteiger partial charge in [0.25, 0.3) is 5.91 Å². The molecule has 2 aromatic rings. The van der Waals surface area contributed by atoms with Gasteiger partial charge in [-0.05, 0) is 23.6 Å². The topological polar surface area (TPSA) is 130 Å². The second-order valence-electron chi connectivity index (χ2n) is 7.69. The number of fused-ring (bicyclic) bond motifs is 1. The lowest BCUT2D eigenvalue weighted by Crippen LogP contribution is -2.52. The number of carbonyl (C=O) groups excluding carboxylic acids is 3. The summed E-state index contributed by atoms with van der Waals surface area (Å²) in [6.45, 7) is -0.218. The quantitative estimate of drug-likeness (QED) is 0.599. The number of imide groups is 1. The van der Waals surface area contributed by atoms with Crippen LogP contribution in [0.3, 0.4) is 0 Å². The standard InChI is InChI=1S/C19H18F3N5O5S/c1-26-16(19(20,21)22)14(8-23-26)33(31,32)24-7-10-2-3-11-9-27(18(30)12(11)6-10)13-4-5-15(28)25-17(13)29/h2-3,6,8,13,24H,4-5,7,9H2,1H3,(H,25,28,29). The number of hydrogen-bond donors (Lipinski definition) is 2. The average molecular weight is 485 g/mol. The highest BCUT2D eigenvalue weighted by Gasteiger charge is 2.42. The first-order valence-electron chi connectivity index (χ1n) is 9.74. The third-order valence-electron chi connectivity index (χ3n) is 5.52. The normalized spacial score (nSPS) is 19.1. The van der Waals surface area contributed by atoms with E-state index < -0.39 is 50.6 Å². The van der Waals surface area contributed by atoms with Gasteiger partial charge in [-0.1, -0.05) is 12.1 Å². The van der Waals surface area contributed by atoms with Gasteiger partial charge < -0.3 is 4.90 Å². The Morgan fingerprint density at radius 1 is 1.24 bits per heavy atom. The van der Waals surface area contributed by atoms with E-state index in [0.717, 1.165) is 7.05 Å². The number of rotatable bonds is 5. The van der Waals surface area contributed by atoms with Crippen molar-refractivity contribution in [2.45, 2.75) is 43.0 Å².